The number of nitrogen functional groups attached to an aromatic ring is 1. The molecule has 1 aromatic carbocycles. The maximum Gasteiger partial charge on any atom is 0.374 e. The SMILES string of the molecule is NNc1ncnc(Oc2ccc(Cl)cc2Cl)c1[N+](=O)[O-]. The van der Waals surface area contributed by atoms with Crippen LogP contribution in [0.2, 0.25) is 10.0 Å². The van der Waals surface area contributed by atoms with Crippen molar-refractivity contribution in [3.05, 3.63) is 44.7 Å². The summed E-state index contributed by atoms with van der Waals surface area (Å²) in [6.07, 6.45) is 1.07. The minimum Gasteiger partial charge on any atom is -0.432 e. The van der Waals surface area contributed by atoms with Crippen LogP contribution in [0.5, 0.6) is 11.6 Å². The lowest BCUT2D eigenvalue weighted by molar-refractivity contribution is -0.385. The highest BCUT2D eigenvalue weighted by atomic mass is 35.5. The molecule has 0 saturated heterocycles. The summed E-state index contributed by atoms with van der Waals surface area (Å²) >= 11 is 11.7. The molecule has 8 nitrogen and oxygen atoms in total. The second-order valence-corrected chi connectivity index (χ2v) is 4.30. The number of anilines is 1. The molecule has 20 heavy (non-hydrogen) atoms. The van der Waals surface area contributed by atoms with Gasteiger partial charge in [-0.05, 0) is 18.2 Å². The molecule has 10 heteroatoms. The molecule has 0 bridgehead atoms. The Kier molecular flexibility index (Phi) is 4.18. The maximum absolute atomic E-state index is 11.0. The third-order valence-electron chi connectivity index (χ3n) is 2.21. The van der Waals surface area contributed by atoms with Crippen molar-refractivity contribution in [2.75, 3.05) is 5.43 Å². The highest BCUT2D eigenvalue weighted by Gasteiger charge is 2.25. The molecular weight excluding hydrogens is 309 g/mol. The molecule has 1 heterocycles. The van der Waals surface area contributed by atoms with Crippen molar-refractivity contribution in [3.63, 3.8) is 0 Å². The number of nitro groups is 1. The van der Waals surface area contributed by atoms with E-state index in [4.69, 9.17) is 33.8 Å². The number of aromatic nitrogens is 2. The van der Waals surface area contributed by atoms with Crippen LogP contribution in [0, 0.1) is 10.1 Å². The van der Waals surface area contributed by atoms with E-state index in [-0.39, 0.29) is 22.5 Å². The van der Waals surface area contributed by atoms with Gasteiger partial charge < -0.3 is 10.2 Å². The van der Waals surface area contributed by atoms with E-state index in [1.165, 1.54) is 18.2 Å². The Labute approximate surface area is 122 Å². The van der Waals surface area contributed by atoms with E-state index >= 15 is 0 Å². The van der Waals surface area contributed by atoms with Crippen LogP contribution < -0.4 is 16.0 Å². The van der Waals surface area contributed by atoms with Crippen molar-refractivity contribution in [1.29, 1.82) is 0 Å². The zero-order valence-corrected chi connectivity index (χ0v) is 11.2. The summed E-state index contributed by atoms with van der Waals surface area (Å²) in [4.78, 5) is 17.7. The van der Waals surface area contributed by atoms with Crippen LogP contribution in [0.15, 0.2) is 24.5 Å². The van der Waals surface area contributed by atoms with Gasteiger partial charge in [-0.25, -0.2) is 10.8 Å². The minimum absolute atomic E-state index is 0.167. The van der Waals surface area contributed by atoms with Gasteiger partial charge in [0.1, 0.15) is 12.1 Å². The van der Waals surface area contributed by atoms with Crippen LogP contribution in [0.25, 0.3) is 0 Å². The predicted octanol–water partition coefficient (Wildman–Crippen LogP) is 2.77. The Hall–Kier alpha value is -2.16. The summed E-state index contributed by atoms with van der Waals surface area (Å²) in [6.45, 7) is 0. The number of rotatable bonds is 4. The number of halogens is 2. The number of benzene rings is 1. The molecule has 0 fully saturated rings. The van der Waals surface area contributed by atoms with Gasteiger partial charge in [-0.1, -0.05) is 23.2 Å². The largest absolute Gasteiger partial charge is 0.432 e. The number of hydrogen-bond acceptors (Lipinski definition) is 7. The highest BCUT2D eigenvalue weighted by molar-refractivity contribution is 6.35. The first-order chi connectivity index (χ1) is 9.52. The van der Waals surface area contributed by atoms with Crippen LogP contribution in [0.1, 0.15) is 0 Å². The summed E-state index contributed by atoms with van der Waals surface area (Å²) in [7, 11) is 0. The molecule has 0 atom stereocenters. The maximum atomic E-state index is 11.0. The molecule has 3 N–H and O–H groups in total. The van der Waals surface area contributed by atoms with Crippen molar-refractivity contribution in [2.24, 2.45) is 5.84 Å². The van der Waals surface area contributed by atoms with Gasteiger partial charge in [0, 0.05) is 5.02 Å². The van der Waals surface area contributed by atoms with E-state index in [9.17, 15) is 10.1 Å². The van der Waals surface area contributed by atoms with Crippen LogP contribution in [0.3, 0.4) is 0 Å². The number of hydrogen-bond donors (Lipinski definition) is 2. The molecule has 0 radical (unpaired) electrons. The number of nitrogens with zero attached hydrogens (tertiary/aromatic N) is 3. The minimum atomic E-state index is -0.714. The quantitative estimate of drug-likeness (QED) is 0.506. The Morgan fingerprint density at radius 2 is 2.10 bits per heavy atom. The molecule has 0 aliphatic carbocycles. The van der Waals surface area contributed by atoms with E-state index < -0.39 is 10.6 Å². The fourth-order valence-electron chi connectivity index (χ4n) is 1.37. The molecule has 0 aliphatic rings. The Morgan fingerprint density at radius 1 is 1.35 bits per heavy atom. The zero-order valence-electron chi connectivity index (χ0n) is 9.71. The first-order valence-corrected chi connectivity index (χ1v) is 5.87. The second kappa shape index (κ2) is 5.87. The molecule has 1 aromatic heterocycles. The summed E-state index contributed by atoms with van der Waals surface area (Å²) in [5.41, 5.74) is 1.60. The molecule has 0 unspecified atom stereocenters. The topological polar surface area (TPSA) is 116 Å². The molecule has 0 aliphatic heterocycles. The zero-order chi connectivity index (χ0) is 14.7. The normalized spacial score (nSPS) is 10.2. The third-order valence-corrected chi connectivity index (χ3v) is 2.74. The van der Waals surface area contributed by atoms with Gasteiger partial charge in [-0.15, -0.1) is 0 Å². The summed E-state index contributed by atoms with van der Waals surface area (Å²) in [5.74, 6) is 4.86. The van der Waals surface area contributed by atoms with Gasteiger partial charge in [0.05, 0.1) is 9.95 Å². The van der Waals surface area contributed by atoms with E-state index in [1.54, 1.807) is 0 Å². The number of ether oxygens (including phenoxy) is 1. The Bertz CT molecular complexity index is 667. The number of nitrogens with two attached hydrogens (primary N) is 1. The second-order valence-electron chi connectivity index (χ2n) is 3.45. The monoisotopic (exact) mass is 315 g/mol. The lowest BCUT2D eigenvalue weighted by Crippen LogP contribution is -2.12. The Morgan fingerprint density at radius 3 is 2.70 bits per heavy atom. The molecule has 0 saturated carbocycles. The van der Waals surface area contributed by atoms with Gasteiger partial charge in [0.25, 0.3) is 0 Å². The van der Waals surface area contributed by atoms with E-state index in [2.05, 4.69) is 15.4 Å². The molecule has 2 aromatic rings. The highest BCUT2D eigenvalue weighted by Crippen LogP contribution is 2.36. The number of nitrogens with one attached hydrogen (secondary N) is 1. The molecule has 0 amide bonds. The first kappa shape index (κ1) is 14.3. The van der Waals surface area contributed by atoms with Crippen LogP contribution in [-0.4, -0.2) is 14.9 Å². The standard InChI is InChI=1S/C10H7Cl2N5O3/c11-5-1-2-7(6(12)3-5)20-10-8(17(18)19)9(16-13)14-4-15-10/h1-4H,13H2,(H,14,15,16). The van der Waals surface area contributed by atoms with Crippen molar-refractivity contribution >= 4 is 34.7 Å². The van der Waals surface area contributed by atoms with Gasteiger partial charge in [-0.2, -0.15) is 4.98 Å². The lowest BCUT2D eigenvalue weighted by Gasteiger charge is -2.08. The summed E-state index contributed by atoms with van der Waals surface area (Å²) < 4.78 is 5.32. The molecule has 0 spiro atoms. The smallest absolute Gasteiger partial charge is 0.374 e. The average Bonchev–Trinajstić information content (AvgIpc) is 2.41. The molecule has 104 valence electrons. The van der Waals surface area contributed by atoms with Gasteiger partial charge in [0.15, 0.2) is 0 Å². The van der Waals surface area contributed by atoms with E-state index in [1.807, 2.05) is 0 Å². The van der Waals surface area contributed by atoms with E-state index in [0.717, 1.165) is 6.33 Å². The van der Waals surface area contributed by atoms with Crippen molar-refractivity contribution in [3.8, 4) is 11.6 Å². The number of hydrazine groups is 1. The predicted molar refractivity (Wildman–Crippen MR) is 73.0 cm³/mol. The lowest BCUT2D eigenvalue weighted by atomic mass is 10.3. The van der Waals surface area contributed by atoms with Crippen molar-refractivity contribution in [1.82, 2.24) is 9.97 Å². The third kappa shape index (κ3) is 2.87. The average molecular weight is 316 g/mol. The van der Waals surface area contributed by atoms with Crippen LogP contribution in [-0.2, 0) is 0 Å². The van der Waals surface area contributed by atoms with Gasteiger partial charge in [-0.3, -0.25) is 10.1 Å². The van der Waals surface area contributed by atoms with Crippen molar-refractivity contribution < 1.29 is 9.66 Å². The Balaban J connectivity index is 2.45. The fraction of sp³-hybridized carbons (Fsp3) is 0. The first-order valence-electron chi connectivity index (χ1n) is 5.12. The van der Waals surface area contributed by atoms with Gasteiger partial charge >= 0.3 is 11.6 Å². The molecule has 2 rings (SSSR count). The molecular formula is C10H7Cl2N5O3. The fourth-order valence-corrected chi connectivity index (χ4v) is 1.82. The van der Waals surface area contributed by atoms with Gasteiger partial charge in [0.2, 0.25) is 5.82 Å². The van der Waals surface area contributed by atoms with Crippen LogP contribution >= 0.6 is 23.2 Å². The van der Waals surface area contributed by atoms with Crippen LogP contribution in [0.4, 0.5) is 11.5 Å². The summed E-state index contributed by atoms with van der Waals surface area (Å²) in [5, 5.41) is 11.6. The van der Waals surface area contributed by atoms with Crippen molar-refractivity contribution in [2.45, 2.75) is 0 Å². The van der Waals surface area contributed by atoms with E-state index in [0.29, 0.717) is 5.02 Å². The summed E-state index contributed by atoms with van der Waals surface area (Å²) in [6, 6.07) is 4.43.